The number of ether oxygens (including phenoxy) is 1. The summed E-state index contributed by atoms with van der Waals surface area (Å²) in [5, 5.41) is 12.4. The summed E-state index contributed by atoms with van der Waals surface area (Å²) in [5.74, 6) is 2.34. The number of aromatic nitrogens is 3. The second kappa shape index (κ2) is 6.68. The highest BCUT2D eigenvalue weighted by molar-refractivity contribution is 4.98. The van der Waals surface area contributed by atoms with Gasteiger partial charge in [0, 0.05) is 39.1 Å². The first-order valence-corrected chi connectivity index (χ1v) is 8.05. The van der Waals surface area contributed by atoms with E-state index in [1.165, 1.54) is 44.3 Å². The van der Waals surface area contributed by atoms with Crippen LogP contribution >= 0.6 is 0 Å². The largest absolute Gasteiger partial charge is 0.380 e. The number of methoxy groups -OCH3 is 1. The fraction of sp³-hybridized carbons (Fsp3) is 0.867. The Morgan fingerprint density at radius 3 is 3.05 bits per heavy atom. The zero-order valence-electron chi connectivity index (χ0n) is 12.5. The highest BCUT2D eigenvalue weighted by atomic mass is 16.5. The predicted molar refractivity (Wildman–Crippen MR) is 77.7 cm³/mol. The van der Waals surface area contributed by atoms with Crippen molar-refractivity contribution in [3.05, 3.63) is 11.6 Å². The molecule has 0 saturated heterocycles. The topological polar surface area (TPSA) is 52.0 Å². The molecule has 2 atom stereocenters. The van der Waals surface area contributed by atoms with Gasteiger partial charge in [0.05, 0.1) is 6.10 Å². The Morgan fingerprint density at radius 2 is 2.15 bits per heavy atom. The molecule has 0 amide bonds. The number of aryl methyl sites for hydroxylation is 1. The maximum Gasteiger partial charge on any atom is 0.134 e. The number of hydrogen-bond donors (Lipinski definition) is 1. The lowest BCUT2D eigenvalue weighted by molar-refractivity contribution is 0.0854. The summed E-state index contributed by atoms with van der Waals surface area (Å²) in [7, 11) is 1.82. The molecule has 1 aliphatic carbocycles. The van der Waals surface area contributed by atoms with Crippen LogP contribution in [0.15, 0.2) is 0 Å². The minimum Gasteiger partial charge on any atom is -0.380 e. The highest BCUT2D eigenvalue weighted by Crippen LogP contribution is 2.21. The van der Waals surface area contributed by atoms with Gasteiger partial charge < -0.3 is 14.6 Å². The lowest BCUT2D eigenvalue weighted by Crippen LogP contribution is -2.38. The highest BCUT2D eigenvalue weighted by Gasteiger charge is 2.26. The average Bonchev–Trinajstić information content (AvgIpc) is 3.00. The SMILES string of the molecule is COC1CCCC1NCCc1nnc2n1CCCCC2. The summed E-state index contributed by atoms with van der Waals surface area (Å²) in [5.41, 5.74) is 0. The van der Waals surface area contributed by atoms with Crippen molar-refractivity contribution in [2.45, 2.75) is 70.1 Å². The summed E-state index contributed by atoms with van der Waals surface area (Å²) >= 11 is 0. The van der Waals surface area contributed by atoms with Crippen molar-refractivity contribution in [1.29, 1.82) is 0 Å². The average molecular weight is 278 g/mol. The number of rotatable bonds is 5. The summed E-state index contributed by atoms with van der Waals surface area (Å²) in [6.45, 7) is 2.07. The van der Waals surface area contributed by atoms with E-state index in [0.717, 1.165) is 31.8 Å². The van der Waals surface area contributed by atoms with Crippen LogP contribution in [0.25, 0.3) is 0 Å². The van der Waals surface area contributed by atoms with Crippen LogP contribution in [0, 0.1) is 0 Å². The summed E-state index contributed by atoms with van der Waals surface area (Å²) in [6.07, 6.45) is 9.99. The van der Waals surface area contributed by atoms with Crippen LogP contribution in [0.5, 0.6) is 0 Å². The molecule has 20 heavy (non-hydrogen) atoms. The third kappa shape index (κ3) is 3.04. The molecular weight excluding hydrogens is 252 g/mol. The molecule has 2 aliphatic rings. The Morgan fingerprint density at radius 1 is 1.20 bits per heavy atom. The van der Waals surface area contributed by atoms with E-state index >= 15 is 0 Å². The van der Waals surface area contributed by atoms with Gasteiger partial charge in [0.15, 0.2) is 0 Å². The van der Waals surface area contributed by atoms with Gasteiger partial charge in [-0.1, -0.05) is 6.42 Å². The van der Waals surface area contributed by atoms with Crippen molar-refractivity contribution < 1.29 is 4.74 Å². The molecule has 1 aliphatic heterocycles. The molecule has 1 aromatic rings. The van der Waals surface area contributed by atoms with Crippen LogP contribution in [0.1, 0.15) is 50.2 Å². The fourth-order valence-corrected chi connectivity index (χ4v) is 3.54. The first-order valence-electron chi connectivity index (χ1n) is 8.05. The van der Waals surface area contributed by atoms with Gasteiger partial charge in [-0.2, -0.15) is 0 Å². The van der Waals surface area contributed by atoms with E-state index in [4.69, 9.17) is 4.74 Å². The molecule has 0 bridgehead atoms. The van der Waals surface area contributed by atoms with Crippen molar-refractivity contribution in [1.82, 2.24) is 20.1 Å². The van der Waals surface area contributed by atoms with Crippen molar-refractivity contribution >= 4 is 0 Å². The zero-order valence-corrected chi connectivity index (χ0v) is 12.5. The quantitative estimate of drug-likeness (QED) is 0.891. The molecule has 2 heterocycles. The Balaban J connectivity index is 1.52. The smallest absolute Gasteiger partial charge is 0.134 e. The molecule has 1 N–H and O–H groups in total. The van der Waals surface area contributed by atoms with Crippen molar-refractivity contribution in [2.75, 3.05) is 13.7 Å². The third-order valence-electron chi connectivity index (χ3n) is 4.70. The minimum atomic E-state index is 0.394. The summed E-state index contributed by atoms with van der Waals surface area (Å²) < 4.78 is 7.87. The van der Waals surface area contributed by atoms with E-state index in [2.05, 4.69) is 20.1 Å². The molecule has 0 spiro atoms. The molecule has 2 unspecified atom stereocenters. The molecule has 1 fully saturated rings. The second-order valence-corrected chi connectivity index (χ2v) is 6.01. The van der Waals surface area contributed by atoms with Crippen LogP contribution in [-0.2, 0) is 24.1 Å². The van der Waals surface area contributed by atoms with Gasteiger partial charge in [0.25, 0.3) is 0 Å². The van der Waals surface area contributed by atoms with E-state index in [1.807, 2.05) is 7.11 Å². The normalized spacial score (nSPS) is 26.4. The van der Waals surface area contributed by atoms with E-state index in [1.54, 1.807) is 0 Å². The van der Waals surface area contributed by atoms with Crippen molar-refractivity contribution in [3.8, 4) is 0 Å². The molecule has 5 heteroatoms. The van der Waals surface area contributed by atoms with Gasteiger partial charge >= 0.3 is 0 Å². The van der Waals surface area contributed by atoms with E-state index in [9.17, 15) is 0 Å². The molecule has 0 aromatic carbocycles. The minimum absolute atomic E-state index is 0.394. The van der Waals surface area contributed by atoms with E-state index in [0.29, 0.717) is 12.1 Å². The van der Waals surface area contributed by atoms with Crippen LogP contribution < -0.4 is 5.32 Å². The Kier molecular flexibility index (Phi) is 4.68. The number of nitrogens with one attached hydrogen (secondary N) is 1. The molecule has 5 nitrogen and oxygen atoms in total. The monoisotopic (exact) mass is 278 g/mol. The third-order valence-corrected chi connectivity index (χ3v) is 4.70. The molecular formula is C15H26N4O. The zero-order chi connectivity index (χ0) is 13.8. The first-order chi connectivity index (χ1) is 9.88. The van der Waals surface area contributed by atoms with Gasteiger partial charge in [-0.05, 0) is 32.1 Å². The van der Waals surface area contributed by atoms with Gasteiger partial charge in [-0.15, -0.1) is 10.2 Å². The summed E-state index contributed by atoms with van der Waals surface area (Å²) in [6, 6.07) is 0.520. The lowest BCUT2D eigenvalue weighted by Gasteiger charge is -2.19. The van der Waals surface area contributed by atoms with Crippen LogP contribution in [-0.4, -0.2) is 40.6 Å². The number of fused-ring (bicyclic) bond motifs is 1. The maximum atomic E-state index is 5.52. The molecule has 3 rings (SSSR count). The molecule has 0 radical (unpaired) electrons. The number of hydrogen-bond acceptors (Lipinski definition) is 4. The second-order valence-electron chi connectivity index (χ2n) is 6.01. The van der Waals surface area contributed by atoms with E-state index < -0.39 is 0 Å². The summed E-state index contributed by atoms with van der Waals surface area (Å²) in [4.78, 5) is 0. The Hall–Kier alpha value is -0.940. The lowest BCUT2D eigenvalue weighted by atomic mass is 10.2. The van der Waals surface area contributed by atoms with Gasteiger partial charge in [0.2, 0.25) is 0 Å². The Labute approximate surface area is 121 Å². The van der Waals surface area contributed by atoms with Gasteiger partial charge in [-0.25, -0.2) is 0 Å². The van der Waals surface area contributed by atoms with Crippen LogP contribution in [0.2, 0.25) is 0 Å². The molecule has 1 saturated carbocycles. The van der Waals surface area contributed by atoms with Gasteiger partial charge in [0.1, 0.15) is 11.6 Å². The van der Waals surface area contributed by atoms with E-state index in [-0.39, 0.29) is 0 Å². The predicted octanol–water partition coefficient (Wildman–Crippen LogP) is 1.70. The fourth-order valence-electron chi connectivity index (χ4n) is 3.54. The molecule has 1 aromatic heterocycles. The number of nitrogens with zero attached hydrogens (tertiary/aromatic N) is 3. The van der Waals surface area contributed by atoms with Crippen molar-refractivity contribution in [3.63, 3.8) is 0 Å². The van der Waals surface area contributed by atoms with Crippen LogP contribution in [0.4, 0.5) is 0 Å². The Bertz CT molecular complexity index is 432. The maximum absolute atomic E-state index is 5.52. The van der Waals surface area contributed by atoms with Crippen LogP contribution in [0.3, 0.4) is 0 Å². The van der Waals surface area contributed by atoms with Gasteiger partial charge in [-0.3, -0.25) is 0 Å². The van der Waals surface area contributed by atoms with Crippen molar-refractivity contribution in [2.24, 2.45) is 0 Å². The standard InChI is InChI=1S/C15H26N4O/c1-20-13-7-5-6-12(13)16-10-9-15-18-17-14-8-3-2-4-11-19(14)15/h12-13,16H,2-11H2,1H3. The molecule has 112 valence electrons. The first kappa shape index (κ1) is 14.0.